The lowest BCUT2D eigenvalue weighted by Gasteiger charge is -2.58. The van der Waals surface area contributed by atoms with Gasteiger partial charge in [0.2, 0.25) is 5.91 Å². The molecule has 0 N–H and O–H groups in total. The number of carbonyl (C=O) groups is 3. The zero-order chi connectivity index (χ0) is 29.5. The molecule has 11 heteroatoms. The van der Waals surface area contributed by atoms with Crippen molar-refractivity contribution >= 4 is 29.2 Å². The van der Waals surface area contributed by atoms with Crippen LogP contribution in [-0.4, -0.2) is 55.0 Å². The number of ether oxygens (including phenoxy) is 1. The fourth-order valence-corrected chi connectivity index (χ4v) is 5.13. The minimum atomic E-state index is -4.52. The fraction of sp³-hybridized carbons (Fsp3) is 0.233. The summed E-state index contributed by atoms with van der Waals surface area (Å²) in [6, 6.07) is 14.8. The molecule has 2 heterocycles. The number of piperazine rings is 1. The quantitative estimate of drug-likeness (QED) is 0.263. The Balaban J connectivity index is 1.47. The molecule has 210 valence electrons. The number of terminal acetylenes is 1. The Morgan fingerprint density at radius 2 is 1.68 bits per heavy atom. The minimum absolute atomic E-state index is 0.0380. The second-order valence-electron chi connectivity index (χ2n) is 9.80. The van der Waals surface area contributed by atoms with Crippen LogP contribution < -0.4 is 9.80 Å². The van der Waals surface area contributed by atoms with Crippen molar-refractivity contribution in [3.63, 3.8) is 0 Å². The first-order chi connectivity index (χ1) is 19.5. The van der Waals surface area contributed by atoms with Gasteiger partial charge in [-0.25, -0.2) is 9.18 Å². The van der Waals surface area contributed by atoms with E-state index in [4.69, 9.17) is 11.2 Å². The van der Waals surface area contributed by atoms with Gasteiger partial charge in [-0.15, -0.1) is 6.42 Å². The number of hydrogen-bond donors (Lipinski definition) is 0. The van der Waals surface area contributed by atoms with Crippen LogP contribution in [0.2, 0.25) is 0 Å². The van der Waals surface area contributed by atoms with Crippen molar-refractivity contribution in [2.45, 2.75) is 18.3 Å². The molecule has 0 atom stereocenters. The summed E-state index contributed by atoms with van der Waals surface area (Å²) in [6.45, 7) is -0.502. The van der Waals surface area contributed by atoms with E-state index in [9.17, 15) is 31.9 Å². The van der Waals surface area contributed by atoms with Crippen molar-refractivity contribution in [3.8, 4) is 12.3 Å². The van der Waals surface area contributed by atoms with Gasteiger partial charge in [-0.2, -0.15) is 13.2 Å². The smallest absolute Gasteiger partial charge is 0.416 e. The van der Waals surface area contributed by atoms with Crippen molar-refractivity contribution in [3.05, 3.63) is 94.8 Å². The summed E-state index contributed by atoms with van der Waals surface area (Å²) >= 11 is 0. The first kappa shape index (κ1) is 27.7. The molecule has 7 nitrogen and oxygen atoms in total. The normalized spacial score (nSPS) is 16.4. The molecule has 2 amide bonds. The van der Waals surface area contributed by atoms with Crippen LogP contribution in [0.5, 0.6) is 0 Å². The highest BCUT2D eigenvalue weighted by Gasteiger charge is 2.60. The number of rotatable bonds is 5. The van der Waals surface area contributed by atoms with E-state index in [1.807, 2.05) is 4.90 Å². The molecular weight excluding hydrogens is 542 g/mol. The van der Waals surface area contributed by atoms with Crippen LogP contribution in [-0.2, 0) is 27.0 Å². The molecule has 0 unspecified atom stereocenters. The van der Waals surface area contributed by atoms with Crippen LogP contribution in [0.25, 0.3) is 0 Å². The summed E-state index contributed by atoms with van der Waals surface area (Å²) in [5.41, 5.74) is -0.688. The molecular formula is C30H23F4N3O4. The molecule has 3 aromatic carbocycles. The van der Waals surface area contributed by atoms with Crippen LogP contribution in [0.4, 0.5) is 28.9 Å². The molecule has 0 bridgehead atoms. The van der Waals surface area contributed by atoms with Crippen molar-refractivity contribution in [2.24, 2.45) is 0 Å². The SMILES string of the molecule is C#Cc1ccc(N2CC(=O)N(Cc3ccc(C(F)(F)F)cc3)C3(CN(c4ccc(C(=O)OC)cc4)C3)C2=O)c(F)c1. The van der Waals surface area contributed by atoms with E-state index in [1.54, 1.807) is 24.3 Å². The second kappa shape index (κ2) is 10.3. The highest BCUT2D eigenvalue weighted by atomic mass is 19.4. The maximum Gasteiger partial charge on any atom is 0.416 e. The van der Waals surface area contributed by atoms with Crippen LogP contribution in [0.1, 0.15) is 27.0 Å². The van der Waals surface area contributed by atoms with Gasteiger partial charge in [0.1, 0.15) is 12.4 Å². The molecule has 0 saturated carbocycles. The van der Waals surface area contributed by atoms with E-state index < -0.39 is 47.4 Å². The van der Waals surface area contributed by atoms with Crippen molar-refractivity contribution in [1.29, 1.82) is 0 Å². The zero-order valence-corrected chi connectivity index (χ0v) is 21.7. The van der Waals surface area contributed by atoms with Crippen LogP contribution in [0, 0.1) is 18.2 Å². The third-order valence-corrected chi connectivity index (χ3v) is 7.34. The Bertz CT molecular complexity index is 1560. The topological polar surface area (TPSA) is 70.2 Å². The number of carbonyl (C=O) groups excluding carboxylic acids is 3. The van der Waals surface area contributed by atoms with Gasteiger partial charge < -0.3 is 14.5 Å². The number of benzene rings is 3. The van der Waals surface area contributed by atoms with Gasteiger partial charge in [0.25, 0.3) is 5.91 Å². The lowest BCUT2D eigenvalue weighted by molar-refractivity contribution is -0.153. The molecule has 2 saturated heterocycles. The first-order valence-corrected chi connectivity index (χ1v) is 12.4. The summed E-state index contributed by atoms with van der Waals surface area (Å²) < 4.78 is 58.9. The van der Waals surface area contributed by atoms with Gasteiger partial charge in [-0.05, 0) is 60.2 Å². The summed E-state index contributed by atoms with van der Waals surface area (Å²) in [5.74, 6) is 0.0197. The van der Waals surface area contributed by atoms with E-state index in [0.717, 1.165) is 23.1 Å². The lowest BCUT2D eigenvalue weighted by atomic mass is 9.82. The highest BCUT2D eigenvalue weighted by molar-refractivity contribution is 6.11. The average molecular weight is 566 g/mol. The van der Waals surface area contributed by atoms with Crippen molar-refractivity contribution in [1.82, 2.24) is 4.90 Å². The number of nitrogens with zero attached hydrogens (tertiary/aromatic N) is 3. The molecule has 0 radical (unpaired) electrons. The number of amides is 2. The maximum absolute atomic E-state index is 15.0. The summed E-state index contributed by atoms with van der Waals surface area (Å²) in [6.07, 6.45) is 0.828. The number of alkyl halides is 3. The van der Waals surface area contributed by atoms with Crippen LogP contribution >= 0.6 is 0 Å². The molecule has 3 aromatic rings. The molecule has 5 rings (SSSR count). The number of halogens is 4. The maximum atomic E-state index is 15.0. The zero-order valence-electron chi connectivity index (χ0n) is 21.7. The number of anilines is 2. The molecule has 2 aliphatic rings. The third-order valence-electron chi connectivity index (χ3n) is 7.34. The first-order valence-electron chi connectivity index (χ1n) is 12.4. The van der Waals surface area contributed by atoms with Gasteiger partial charge in [0.05, 0.1) is 37.0 Å². The third kappa shape index (κ3) is 4.97. The van der Waals surface area contributed by atoms with Crippen molar-refractivity contribution < 1.29 is 36.7 Å². The Morgan fingerprint density at radius 3 is 2.24 bits per heavy atom. The number of hydrogen-bond acceptors (Lipinski definition) is 5. The van der Waals surface area contributed by atoms with Gasteiger partial charge >= 0.3 is 12.1 Å². The average Bonchev–Trinajstić information content (AvgIpc) is 2.93. The molecule has 0 aliphatic carbocycles. The minimum Gasteiger partial charge on any atom is -0.465 e. The van der Waals surface area contributed by atoms with E-state index in [2.05, 4.69) is 5.92 Å². The van der Waals surface area contributed by atoms with Gasteiger partial charge in [-0.1, -0.05) is 18.1 Å². The fourth-order valence-electron chi connectivity index (χ4n) is 5.13. The predicted octanol–water partition coefficient (Wildman–Crippen LogP) is 4.25. The Labute approximate surface area is 232 Å². The predicted molar refractivity (Wildman–Crippen MR) is 141 cm³/mol. The second-order valence-corrected chi connectivity index (χ2v) is 9.80. The van der Waals surface area contributed by atoms with Gasteiger partial charge in [0.15, 0.2) is 5.54 Å². The van der Waals surface area contributed by atoms with Gasteiger partial charge in [0, 0.05) is 17.8 Å². The monoisotopic (exact) mass is 565 g/mol. The lowest BCUT2D eigenvalue weighted by Crippen LogP contribution is -2.81. The number of methoxy groups -OCH3 is 1. The van der Waals surface area contributed by atoms with Crippen molar-refractivity contribution in [2.75, 3.05) is 36.5 Å². The Kier molecular flexibility index (Phi) is 6.95. The standard InChI is InChI=1S/C30H23F4N3O4/c1-3-19-6-13-25(24(31)14-19)36-16-26(38)37(15-20-4-9-22(10-5-20)30(32,33)34)29(28(36)40)17-35(18-29)23-11-7-21(8-12-23)27(39)41-2/h1,4-14H,15-18H2,2H3. The van der Waals surface area contributed by atoms with E-state index in [1.165, 1.54) is 36.3 Å². The largest absolute Gasteiger partial charge is 0.465 e. The Morgan fingerprint density at radius 1 is 1.02 bits per heavy atom. The highest BCUT2D eigenvalue weighted by Crippen LogP contribution is 2.40. The Hall–Kier alpha value is -4.85. The molecule has 2 fully saturated rings. The van der Waals surface area contributed by atoms with Gasteiger partial charge in [-0.3, -0.25) is 14.5 Å². The van der Waals surface area contributed by atoms with Crippen LogP contribution in [0.15, 0.2) is 66.7 Å². The van der Waals surface area contributed by atoms with E-state index in [0.29, 0.717) is 16.8 Å². The van der Waals surface area contributed by atoms with E-state index >= 15 is 0 Å². The summed E-state index contributed by atoms with van der Waals surface area (Å²) in [4.78, 5) is 43.6. The number of esters is 1. The molecule has 0 aromatic heterocycles. The summed E-state index contributed by atoms with van der Waals surface area (Å²) in [7, 11) is 1.26. The van der Waals surface area contributed by atoms with E-state index in [-0.39, 0.29) is 30.9 Å². The summed E-state index contributed by atoms with van der Waals surface area (Å²) in [5, 5.41) is 0. The molecule has 41 heavy (non-hydrogen) atoms. The van der Waals surface area contributed by atoms with Crippen LogP contribution in [0.3, 0.4) is 0 Å². The molecule has 2 aliphatic heterocycles. The molecule has 1 spiro atoms.